The summed E-state index contributed by atoms with van der Waals surface area (Å²) in [5.74, 6) is -0.197. The van der Waals surface area contributed by atoms with Gasteiger partial charge in [0.15, 0.2) is 0 Å². The van der Waals surface area contributed by atoms with Crippen LogP contribution in [-0.4, -0.2) is 5.91 Å². The maximum Gasteiger partial charge on any atom is 0.416 e. The zero-order valence-corrected chi connectivity index (χ0v) is 14.5. The van der Waals surface area contributed by atoms with E-state index in [1.54, 1.807) is 24.3 Å². The monoisotopic (exact) mass is 369 g/mol. The van der Waals surface area contributed by atoms with Crippen LogP contribution in [0.3, 0.4) is 0 Å². The van der Waals surface area contributed by atoms with Crippen molar-refractivity contribution in [2.45, 2.75) is 19.0 Å². The van der Waals surface area contributed by atoms with Crippen LogP contribution in [0.5, 0.6) is 0 Å². The molecule has 0 aromatic heterocycles. The molecule has 0 fully saturated rings. The minimum Gasteiger partial charge on any atom is -0.322 e. The molecule has 1 amide bonds. The van der Waals surface area contributed by atoms with Gasteiger partial charge in [0.1, 0.15) is 0 Å². The number of hydrogen-bond donors (Lipinski definition) is 1. The van der Waals surface area contributed by atoms with E-state index in [2.05, 4.69) is 5.32 Å². The van der Waals surface area contributed by atoms with Crippen molar-refractivity contribution in [3.05, 3.63) is 101 Å². The molecule has 27 heavy (non-hydrogen) atoms. The number of hydrogen-bond acceptors (Lipinski definition) is 1. The van der Waals surface area contributed by atoms with E-state index < -0.39 is 11.7 Å². The molecule has 0 unspecified atom stereocenters. The summed E-state index contributed by atoms with van der Waals surface area (Å²) in [6.07, 6.45) is -3.14. The number of aryl methyl sites for hydroxylation is 2. The molecule has 3 rings (SSSR count). The molecule has 0 saturated heterocycles. The van der Waals surface area contributed by atoms with Crippen molar-refractivity contribution in [3.63, 3.8) is 0 Å². The van der Waals surface area contributed by atoms with Crippen molar-refractivity contribution in [2.24, 2.45) is 0 Å². The molecule has 138 valence electrons. The van der Waals surface area contributed by atoms with Crippen molar-refractivity contribution >= 4 is 11.6 Å². The molecule has 0 aliphatic rings. The molecule has 5 heteroatoms. The first-order chi connectivity index (χ1) is 12.9. The Kier molecular flexibility index (Phi) is 5.60. The molecule has 0 heterocycles. The van der Waals surface area contributed by atoms with E-state index in [9.17, 15) is 18.0 Å². The molecule has 2 nitrogen and oxygen atoms in total. The van der Waals surface area contributed by atoms with Gasteiger partial charge >= 0.3 is 6.18 Å². The predicted molar refractivity (Wildman–Crippen MR) is 99.7 cm³/mol. The Balaban J connectivity index is 1.68. The Morgan fingerprint density at radius 2 is 1.41 bits per heavy atom. The highest BCUT2D eigenvalue weighted by Gasteiger charge is 2.29. The fourth-order valence-electron chi connectivity index (χ4n) is 2.78. The first-order valence-corrected chi connectivity index (χ1v) is 8.54. The summed E-state index contributed by atoms with van der Waals surface area (Å²) in [4.78, 5) is 12.4. The minimum atomic E-state index is -4.33. The van der Waals surface area contributed by atoms with Crippen molar-refractivity contribution in [1.29, 1.82) is 0 Å². The molecule has 0 bridgehead atoms. The van der Waals surface area contributed by atoms with Gasteiger partial charge in [-0.25, -0.2) is 0 Å². The third kappa shape index (κ3) is 4.97. The Bertz CT molecular complexity index is 903. The number of amides is 1. The average molecular weight is 369 g/mol. The smallest absolute Gasteiger partial charge is 0.322 e. The highest BCUT2D eigenvalue weighted by atomic mass is 19.4. The van der Waals surface area contributed by atoms with E-state index in [1.165, 1.54) is 12.1 Å². The summed E-state index contributed by atoms with van der Waals surface area (Å²) < 4.78 is 37.9. The second kappa shape index (κ2) is 8.08. The Morgan fingerprint density at radius 1 is 0.778 bits per heavy atom. The number of halogens is 3. The quantitative estimate of drug-likeness (QED) is 0.610. The maximum absolute atomic E-state index is 12.6. The van der Waals surface area contributed by atoms with Crippen LogP contribution in [0.25, 0.3) is 0 Å². The largest absolute Gasteiger partial charge is 0.416 e. The van der Waals surface area contributed by atoms with Crippen LogP contribution in [0.4, 0.5) is 18.9 Å². The van der Waals surface area contributed by atoms with Crippen molar-refractivity contribution in [2.75, 3.05) is 5.32 Å². The van der Waals surface area contributed by atoms with Crippen molar-refractivity contribution < 1.29 is 18.0 Å². The summed E-state index contributed by atoms with van der Waals surface area (Å²) in [7, 11) is 0. The molecule has 0 aliphatic carbocycles. The van der Waals surface area contributed by atoms with Crippen LogP contribution >= 0.6 is 0 Å². The van der Waals surface area contributed by atoms with Gasteiger partial charge in [-0.05, 0) is 54.3 Å². The number of nitrogens with one attached hydrogen (secondary N) is 1. The molecular weight excluding hydrogens is 351 g/mol. The summed E-state index contributed by atoms with van der Waals surface area (Å²) >= 11 is 0. The topological polar surface area (TPSA) is 29.1 Å². The first-order valence-electron chi connectivity index (χ1n) is 8.54. The van der Waals surface area contributed by atoms with Crippen LogP contribution < -0.4 is 5.32 Å². The minimum absolute atomic E-state index is 0.197. The van der Waals surface area contributed by atoms with Crippen molar-refractivity contribution in [1.82, 2.24) is 0 Å². The molecule has 1 N–H and O–H groups in total. The molecule has 0 atom stereocenters. The van der Waals surface area contributed by atoms with E-state index in [1.807, 2.05) is 30.3 Å². The van der Waals surface area contributed by atoms with Gasteiger partial charge in [0, 0.05) is 11.3 Å². The van der Waals surface area contributed by atoms with E-state index in [0.29, 0.717) is 24.1 Å². The Hall–Kier alpha value is -3.08. The number of para-hydroxylation sites is 1. The molecular formula is C22H18F3NO. The van der Waals surface area contributed by atoms with Gasteiger partial charge < -0.3 is 5.32 Å². The lowest BCUT2D eigenvalue weighted by Crippen LogP contribution is -2.13. The summed E-state index contributed by atoms with van der Waals surface area (Å²) in [6.45, 7) is 0. The normalized spacial score (nSPS) is 11.2. The summed E-state index contributed by atoms with van der Waals surface area (Å²) in [5, 5.41) is 2.90. The second-order valence-electron chi connectivity index (χ2n) is 6.17. The van der Waals surface area contributed by atoms with E-state index in [0.717, 1.165) is 23.3 Å². The lowest BCUT2D eigenvalue weighted by atomic mass is 10.0. The lowest BCUT2D eigenvalue weighted by molar-refractivity contribution is -0.137. The number of rotatable bonds is 5. The van der Waals surface area contributed by atoms with Crippen molar-refractivity contribution in [3.8, 4) is 0 Å². The zero-order chi connectivity index (χ0) is 19.3. The zero-order valence-electron chi connectivity index (χ0n) is 14.5. The van der Waals surface area contributed by atoms with E-state index >= 15 is 0 Å². The Morgan fingerprint density at radius 3 is 2.07 bits per heavy atom. The number of carbonyl (C=O) groups is 1. The van der Waals surface area contributed by atoms with Crippen LogP contribution in [0, 0.1) is 0 Å². The number of anilines is 1. The van der Waals surface area contributed by atoms with Gasteiger partial charge in [0.25, 0.3) is 5.91 Å². The third-order valence-electron chi connectivity index (χ3n) is 4.27. The molecule has 3 aromatic rings. The van der Waals surface area contributed by atoms with Crippen LogP contribution in [0.15, 0.2) is 78.9 Å². The van der Waals surface area contributed by atoms with Crippen LogP contribution in [-0.2, 0) is 19.0 Å². The van der Waals surface area contributed by atoms with Gasteiger partial charge in [-0.15, -0.1) is 0 Å². The van der Waals surface area contributed by atoms with Crippen LogP contribution in [0.2, 0.25) is 0 Å². The molecule has 0 saturated carbocycles. The maximum atomic E-state index is 12.6. The second-order valence-corrected chi connectivity index (χ2v) is 6.17. The SMILES string of the molecule is O=C(Nc1ccccc1CCc1ccc(C(F)(F)F)cc1)c1ccccc1. The van der Waals surface area contributed by atoms with Gasteiger partial charge in [-0.1, -0.05) is 48.5 Å². The third-order valence-corrected chi connectivity index (χ3v) is 4.27. The van der Waals surface area contributed by atoms with Gasteiger partial charge in [-0.3, -0.25) is 4.79 Å². The highest BCUT2D eigenvalue weighted by Crippen LogP contribution is 2.29. The molecule has 0 radical (unpaired) electrons. The first kappa shape index (κ1) is 18.7. The van der Waals surface area contributed by atoms with Gasteiger partial charge in [0.05, 0.1) is 5.56 Å². The molecule has 0 spiro atoms. The molecule has 0 aliphatic heterocycles. The average Bonchev–Trinajstić information content (AvgIpc) is 2.67. The molecule has 3 aromatic carbocycles. The highest BCUT2D eigenvalue weighted by molar-refractivity contribution is 6.04. The predicted octanol–water partition coefficient (Wildman–Crippen LogP) is 5.74. The summed E-state index contributed by atoms with van der Waals surface area (Å²) in [5.41, 5.74) is 2.36. The summed E-state index contributed by atoms with van der Waals surface area (Å²) in [6, 6.07) is 21.5. The fraction of sp³-hybridized carbons (Fsp3) is 0.136. The Labute approximate surface area is 155 Å². The number of alkyl halides is 3. The number of benzene rings is 3. The van der Waals surface area contributed by atoms with Gasteiger partial charge in [-0.2, -0.15) is 13.2 Å². The lowest BCUT2D eigenvalue weighted by Gasteiger charge is -2.12. The fourth-order valence-corrected chi connectivity index (χ4v) is 2.78. The number of carbonyl (C=O) groups excluding carboxylic acids is 1. The van der Waals surface area contributed by atoms with E-state index in [-0.39, 0.29) is 5.91 Å². The van der Waals surface area contributed by atoms with Gasteiger partial charge in [0.2, 0.25) is 0 Å². The standard InChI is InChI=1S/C22H18F3NO/c23-22(24,25)19-14-11-16(12-15-19)10-13-17-6-4-5-9-20(17)26-21(27)18-7-2-1-3-8-18/h1-9,11-12,14-15H,10,13H2,(H,26,27). The van der Waals surface area contributed by atoms with E-state index in [4.69, 9.17) is 0 Å². The van der Waals surface area contributed by atoms with Crippen LogP contribution in [0.1, 0.15) is 27.0 Å².